The van der Waals surface area contributed by atoms with E-state index in [1.807, 2.05) is 38.1 Å². The van der Waals surface area contributed by atoms with E-state index in [-0.39, 0.29) is 12.1 Å². The van der Waals surface area contributed by atoms with E-state index in [0.29, 0.717) is 34.7 Å². The van der Waals surface area contributed by atoms with Gasteiger partial charge in [0.25, 0.3) is 0 Å². The summed E-state index contributed by atoms with van der Waals surface area (Å²) in [5.41, 5.74) is 1.47. The van der Waals surface area contributed by atoms with Gasteiger partial charge in [0.1, 0.15) is 6.61 Å². The molecule has 6 heteroatoms. The van der Waals surface area contributed by atoms with Gasteiger partial charge >= 0.3 is 0 Å². The van der Waals surface area contributed by atoms with Crippen LogP contribution in [0.2, 0.25) is 10.0 Å². The molecule has 2 N–H and O–H groups in total. The fourth-order valence-electron chi connectivity index (χ4n) is 2.20. The van der Waals surface area contributed by atoms with E-state index in [4.69, 9.17) is 32.7 Å². The largest absolute Gasteiger partial charge is 0.493 e. The topological polar surface area (TPSA) is 50.7 Å². The van der Waals surface area contributed by atoms with E-state index in [9.17, 15) is 5.11 Å². The molecule has 0 aliphatic carbocycles. The summed E-state index contributed by atoms with van der Waals surface area (Å²) in [4.78, 5) is 0. The summed E-state index contributed by atoms with van der Waals surface area (Å²) >= 11 is 12.0. The van der Waals surface area contributed by atoms with Crippen molar-refractivity contribution < 1.29 is 14.6 Å². The molecule has 0 heterocycles. The van der Waals surface area contributed by atoms with E-state index in [1.54, 1.807) is 19.2 Å². The van der Waals surface area contributed by atoms with E-state index >= 15 is 0 Å². The molecular weight excluding hydrogens is 361 g/mol. The Morgan fingerprint density at radius 2 is 1.88 bits per heavy atom. The average Bonchev–Trinajstić information content (AvgIpc) is 2.61. The molecule has 0 atom stereocenters. The molecule has 0 fully saturated rings. The predicted molar refractivity (Wildman–Crippen MR) is 102 cm³/mol. The van der Waals surface area contributed by atoms with Crippen molar-refractivity contribution in [1.29, 1.82) is 0 Å². The second kappa shape index (κ2) is 8.77. The van der Waals surface area contributed by atoms with Crippen LogP contribution in [0.1, 0.15) is 25.0 Å². The molecule has 136 valence electrons. The number of ether oxygens (including phenoxy) is 2. The summed E-state index contributed by atoms with van der Waals surface area (Å²) in [5, 5.41) is 13.7. The Balaban J connectivity index is 2.18. The van der Waals surface area contributed by atoms with Crippen molar-refractivity contribution in [2.75, 3.05) is 13.7 Å². The third-order valence-corrected chi connectivity index (χ3v) is 4.54. The molecule has 0 aliphatic heterocycles. The molecule has 0 saturated heterocycles. The van der Waals surface area contributed by atoms with Crippen molar-refractivity contribution in [2.45, 2.75) is 32.5 Å². The van der Waals surface area contributed by atoms with Crippen molar-refractivity contribution in [3.8, 4) is 11.5 Å². The number of benzene rings is 2. The molecule has 0 spiro atoms. The van der Waals surface area contributed by atoms with Gasteiger partial charge in [-0.3, -0.25) is 0 Å². The van der Waals surface area contributed by atoms with E-state index < -0.39 is 0 Å². The highest BCUT2D eigenvalue weighted by Gasteiger charge is 2.18. The molecule has 0 radical (unpaired) electrons. The minimum Gasteiger partial charge on any atom is -0.493 e. The predicted octanol–water partition coefficient (Wildman–Crippen LogP) is 4.44. The Hall–Kier alpha value is -1.46. The smallest absolute Gasteiger partial charge is 0.166 e. The van der Waals surface area contributed by atoms with Crippen LogP contribution in [0.5, 0.6) is 11.5 Å². The van der Waals surface area contributed by atoms with Gasteiger partial charge in [-0.1, -0.05) is 41.4 Å². The van der Waals surface area contributed by atoms with Crippen LogP contribution in [0.15, 0.2) is 36.4 Å². The molecule has 0 amide bonds. The number of methoxy groups -OCH3 is 1. The zero-order chi connectivity index (χ0) is 18.4. The summed E-state index contributed by atoms with van der Waals surface area (Å²) in [6, 6.07) is 11.1. The Bertz CT molecular complexity index is 720. The lowest BCUT2D eigenvalue weighted by molar-refractivity contribution is 0.186. The number of hydrogen-bond acceptors (Lipinski definition) is 4. The van der Waals surface area contributed by atoms with Gasteiger partial charge in [-0.15, -0.1) is 0 Å². The van der Waals surface area contributed by atoms with Crippen LogP contribution in [0.25, 0.3) is 0 Å². The number of hydrogen-bond donors (Lipinski definition) is 2. The molecule has 0 saturated carbocycles. The monoisotopic (exact) mass is 383 g/mol. The third-order valence-electron chi connectivity index (χ3n) is 3.80. The van der Waals surface area contributed by atoms with Crippen molar-refractivity contribution in [3.05, 3.63) is 57.6 Å². The van der Waals surface area contributed by atoms with Gasteiger partial charge < -0.3 is 19.9 Å². The minimum absolute atomic E-state index is 0.0381. The molecular formula is C19H23Cl2NO3. The highest BCUT2D eigenvalue weighted by atomic mass is 35.5. The first-order chi connectivity index (χ1) is 11.9. The average molecular weight is 384 g/mol. The normalized spacial score (nSPS) is 11.4. The molecule has 2 aromatic carbocycles. The van der Waals surface area contributed by atoms with E-state index in [0.717, 1.165) is 11.1 Å². The lowest BCUT2D eigenvalue weighted by atomic mass is 10.1. The van der Waals surface area contributed by atoms with Crippen molar-refractivity contribution in [3.63, 3.8) is 0 Å². The van der Waals surface area contributed by atoms with E-state index in [1.165, 1.54) is 0 Å². The summed E-state index contributed by atoms with van der Waals surface area (Å²) in [6.07, 6.45) is 0. The fourth-order valence-corrected chi connectivity index (χ4v) is 2.52. The molecule has 2 aromatic rings. The molecule has 0 aliphatic rings. The van der Waals surface area contributed by atoms with Crippen LogP contribution >= 0.6 is 23.2 Å². The molecule has 4 nitrogen and oxygen atoms in total. The van der Waals surface area contributed by atoms with Gasteiger partial charge in [0.15, 0.2) is 11.5 Å². The highest BCUT2D eigenvalue weighted by molar-refractivity contribution is 6.42. The summed E-state index contributed by atoms with van der Waals surface area (Å²) in [7, 11) is 1.61. The molecule has 0 bridgehead atoms. The van der Waals surface area contributed by atoms with Gasteiger partial charge in [-0.2, -0.15) is 0 Å². The van der Waals surface area contributed by atoms with Crippen LogP contribution in [-0.2, 0) is 13.2 Å². The summed E-state index contributed by atoms with van der Waals surface area (Å²) in [5.74, 6) is 1.32. The minimum atomic E-state index is -0.385. The van der Waals surface area contributed by atoms with Gasteiger partial charge in [-0.25, -0.2) is 0 Å². The quantitative estimate of drug-likeness (QED) is 0.707. The molecule has 25 heavy (non-hydrogen) atoms. The van der Waals surface area contributed by atoms with Gasteiger partial charge in [0, 0.05) is 17.6 Å². The van der Waals surface area contributed by atoms with Crippen LogP contribution in [0.4, 0.5) is 0 Å². The SMILES string of the molecule is COc1cccc(CNC(C)(C)CO)c1OCc1ccc(Cl)c(Cl)c1. The Kier molecular flexibility index (Phi) is 6.96. The number of para-hydroxylation sites is 1. The van der Waals surface area contributed by atoms with Gasteiger partial charge in [0.05, 0.1) is 23.8 Å². The Morgan fingerprint density at radius 3 is 2.52 bits per heavy atom. The Labute approximate surface area is 158 Å². The van der Waals surface area contributed by atoms with Crippen LogP contribution in [0.3, 0.4) is 0 Å². The first-order valence-corrected chi connectivity index (χ1v) is 8.70. The van der Waals surface area contributed by atoms with Crippen LogP contribution < -0.4 is 14.8 Å². The molecule has 0 unspecified atom stereocenters. The molecule has 0 aromatic heterocycles. The number of halogens is 2. The summed E-state index contributed by atoms with van der Waals surface area (Å²) in [6.45, 7) is 4.79. The number of aliphatic hydroxyl groups excluding tert-OH is 1. The standard InChI is InChI=1S/C19H23Cl2NO3/c1-19(2,12-23)22-10-14-5-4-6-17(24-3)18(14)25-11-13-7-8-15(20)16(21)9-13/h4-9,22-23H,10-12H2,1-3H3. The van der Waals surface area contributed by atoms with Crippen LogP contribution in [0, 0.1) is 0 Å². The lowest BCUT2D eigenvalue weighted by Gasteiger charge is -2.24. The zero-order valence-electron chi connectivity index (χ0n) is 14.6. The maximum absolute atomic E-state index is 9.40. The second-order valence-electron chi connectivity index (χ2n) is 6.38. The van der Waals surface area contributed by atoms with Crippen LogP contribution in [-0.4, -0.2) is 24.4 Å². The summed E-state index contributed by atoms with van der Waals surface area (Å²) < 4.78 is 11.4. The van der Waals surface area contributed by atoms with E-state index in [2.05, 4.69) is 5.32 Å². The van der Waals surface area contributed by atoms with Gasteiger partial charge in [-0.05, 0) is 37.6 Å². The first kappa shape index (κ1) is 19.9. The number of nitrogens with one attached hydrogen (secondary N) is 1. The fraction of sp³-hybridized carbons (Fsp3) is 0.368. The van der Waals surface area contributed by atoms with Crippen molar-refractivity contribution >= 4 is 23.2 Å². The highest BCUT2D eigenvalue weighted by Crippen LogP contribution is 2.32. The number of rotatable bonds is 8. The van der Waals surface area contributed by atoms with Crippen molar-refractivity contribution in [2.24, 2.45) is 0 Å². The van der Waals surface area contributed by atoms with Gasteiger partial charge in [0.2, 0.25) is 0 Å². The maximum Gasteiger partial charge on any atom is 0.166 e. The first-order valence-electron chi connectivity index (χ1n) is 7.95. The Morgan fingerprint density at radius 1 is 1.12 bits per heavy atom. The van der Waals surface area contributed by atoms with Crippen molar-refractivity contribution in [1.82, 2.24) is 5.32 Å². The second-order valence-corrected chi connectivity index (χ2v) is 7.20. The maximum atomic E-state index is 9.40. The number of aliphatic hydroxyl groups is 1. The zero-order valence-corrected chi connectivity index (χ0v) is 16.1. The third kappa shape index (κ3) is 5.51. The molecule has 2 rings (SSSR count). The lowest BCUT2D eigenvalue weighted by Crippen LogP contribution is -2.42.